The van der Waals surface area contributed by atoms with Gasteiger partial charge in [-0.3, -0.25) is 0 Å². The number of hydrogen-bond donors (Lipinski definition) is 0. The molecule has 1 aromatic heterocycles. The van der Waals surface area contributed by atoms with Gasteiger partial charge in [0.25, 0.3) is 11.1 Å². The number of rotatable bonds is 6. The number of aryl methyl sites for hydroxylation is 1. The molecule has 0 saturated heterocycles. The zero-order chi connectivity index (χ0) is 17.8. The Morgan fingerprint density at radius 2 is 2.00 bits per heavy atom. The molecule has 0 saturated carbocycles. The first kappa shape index (κ1) is 16.8. The van der Waals surface area contributed by atoms with E-state index in [0.29, 0.717) is 35.8 Å². The first-order chi connectivity index (χ1) is 12.8. The van der Waals surface area contributed by atoms with Crippen LogP contribution in [0.1, 0.15) is 17.6 Å². The fourth-order valence-electron chi connectivity index (χ4n) is 2.54. The number of hydrogen-bond acceptors (Lipinski definition) is 7. The van der Waals surface area contributed by atoms with Crippen LogP contribution in [0.25, 0.3) is 0 Å². The van der Waals surface area contributed by atoms with Crippen LogP contribution in [0.15, 0.2) is 58.2 Å². The second-order valence-corrected chi connectivity index (χ2v) is 6.83. The molecule has 0 aliphatic carbocycles. The Hall–Kier alpha value is -2.67. The van der Waals surface area contributed by atoms with E-state index in [1.165, 1.54) is 17.3 Å². The average molecular weight is 370 g/mol. The SMILES string of the molecule is Cc1cccc(OCCSc2nnc(C3COc4ccccc4O3)o2)c1. The summed E-state index contributed by atoms with van der Waals surface area (Å²) in [6.07, 6.45) is -0.393. The van der Waals surface area contributed by atoms with Gasteiger partial charge in [0.15, 0.2) is 11.5 Å². The predicted octanol–water partition coefficient (Wildman–Crippen LogP) is 4.06. The van der Waals surface area contributed by atoms with E-state index in [-0.39, 0.29) is 0 Å². The van der Waals surface area contributed by atoms with E-state index in [9.17, 15) is 0 Å². The lowest BCUT2D eigenvalue weighted by Gasteiger charge is -2.23. The fourth-order valence-corrected chi connectivity index (χ4v) is 3.13. The highest BCUT2D eigenvalue weighted by Gasteiger charge is 2.27. The van der Waals surface area contributed by atoms with Crippen LogP contribution >= 0.6 is 11.8 Å². The molecule has 0 amide bonds. The molecule has 1 unspecified atom stereocenters. The first-order valence-corrected chi connectivity index (χ1v) is 9.30. The lowest BCUT2D eigenvalue weighted by Crippen LogP contribution is -2.21. The largest absolute Gasteiger partial charge is 0.493 e. The fraction of sp³-hybridized carbons (Fsp3) is 0.263. The molecule has 1 aliphatic heterocycles. The van der Waals surface area contributed by atoms with E-state index < -0.39 is 6.10 Å². The summed E-state index contributed by atoms with van der Waals surface area (Å²) < 4.78 is 23.0. The average Bonchev–Trinajstić information content (AvgIpc) is 3.14. The van der Waals surface area contributed by atoms with Crippen LogP contribution in [0.4, 0.5) is 0 Å². The van der Waals surface area contributed by atoms with Crippen LogP contribution < -0.4 is 14.2 Å². The Kier molecular flexibility index (Phi) is 4.97. The maximum absolute atomic E-state index is 5.87. The summed E-state index contributed by atoms with van der Waals surface area (Å²) in [5, 5.41) is 8.63. The summed E-state index contributed by atoms with van der Waals surface area (Å²) in [5.41, 5.74) is 1.17. The van der Waals surface area contributed by atoms with Crippen molar-refractivity contribution in [3.8, 4) is 17.2 Å². The molecule has 3 aromatic rings. The van der Waals surface area contributed by atoms with E-state index in [0.717, 1.165) is 11.5 Å². The lowest BCUT2D eigenvalue weighted by molar-refractivity contribution is 0.0686. The summed E-state index contributed by atoms with van der Waals surface area (Å²) >= 11 is 1.45. The molecular weight excluding hydrogens is 352 g/mol. The maximum atomic E-state index is 5.87. The minimum Gasteiger partial charge on any atom is -0.493 e. The van der Waals surface area contributed by atoms with Crippen LogP contribution in [-0.4, -0.2) is 29.2 Å². The molecule has 0 bridgehead atoms. The molecule has 2 heterocycles. The highest BCUT2D eigenvalue weighted by atomic mass is 32.2. The van der Waals surface area contributed by atoms with Crippen molar-refractivity contribution in [2.45, 2.75) is 18.3 Å². The number of benzene rings is 2. The number of para-hydroxylation sites is 2. The molecule has 1 atom stereocenters. The Bertz CT molecular complexity index is 883. The molecule has 2 aromatic carbocycles. The van der Waals surface area contributed by atoms with Crippen LogP contribution in [-0.2, 0) is 0 Å². The van der Waals surface area contributed by atoms with Crippen molar-refractivity contribution in [1.82, 2.24) is 10.2 Å². The van der Waals surface area contributed by atoms with Crippen molar-refractivity contribution < 1.29 is 18.6 Å². The Morgan fingerprint density at radius 3 is 2.88 bits per heavy atom. The number of ether oxygens (including phenoxy) is 3. The first-order valence-electron chi connectivity index (χ1n) is 8.32. The smallest absolute Gasteiger partial charge is 0.276 e. The third-order valence-electron chi connectivity index (χ3n) is 3.77. The minimum atomic E-state index is -0.393. The summed E-state index contributed by atoms with van der Waals surface area (Å²) in [5.74, 6) is 3.40. The van der Waals surface area contributed by atoms with Crippen molar-refractivity contribution in [3.05, 3.63) is 60.0 Å². The summed E-state index contributed by atoms with van der Waals surface area (Å²) in [6.45, 7) is 2.94. The molecule has 0 radical (unpaired) electrons. The molecule has 0 spiro atoms. The maximum Gasteiger partial charge on any atom is 0.276 e. The van der Waals surface area contributed by atoms with E-state index in [1.54, 1.807) is 0 Å². The van der Waals surface area contributed by atoms with E-state index >= 15 is 0 Å². The zero-order valence-corrected chi connectivity index (χ0v) is 15.1. The second kappa shape index (κ2) is 7.70. The molecule has 1 aliphatic rings. The number of aromatic nitrogens is 2. The van der Waals surface area contributed by atoms with Gasteiger partial charge in [0, 0.05) is 5.75 Å². The molecular formula is C19H18N2O4S. The van der Waals surface area contributed by atoms with Crippen LogP contribution in [0.5, 0.6) is 17.2 Å². The van der Waals surface area contributed by atoms with Gasteiger partial charge in [0.05, 0.1) is 6.61 Å². The Labute approximate surface area is 155 Å². The molecule has 0 N–H and O–H groups in total. The van der Waals surface area contributed by atoms with E-state index in [1.807, 2.05) is 55.5 Å². The van der Waals surface area contributed by atoms with Gasteiger partial charge in [-0.25, -0.2) is 0 Å². The Morgan fingerprint density at radius 1 is 1.12 bits per heavy atom. The van der Waals surface area contributed by atoms with E-state index in [2.05, 4.69) is 10.2 Å². The summed E-state index contributed by atoms with van der Waals surface area (Å²) in [6, 6.07) is 15.5. The minimum absolute atomic E-state index is 0.347. The van der Waals surface area contributed by atoms with Gasteiger partial charge in [0.1, 0.15) is 12.4 Å². The molecule has 6 nitrogen and oxygen atoms in total. The van der Waals surface area contributed by atoms with Gasteiger partial charge in [-0.2, -0.15) is 0 Å². The van der Waals surface area contributed by atoms with Gasteiger partial charge in [-0.05, 0) is 36.8 Å². The summed E-state index contributed by atoms with van der Waals surface area (Å²) in [4.78, 5) is 0. The topological polar surface area (TPSA) is 66.6 Å². The van der Waals surface area contributed by atoms with E-state index in [4.69, 9.17) is 18.6 Å². The van der Waals surface area contributed by atoms with Crippen molar-refractivity contribution in [3.63, 3.8) is 0 Å². The third-order valence-corrected chi connectivity index (χ3v) is 4.56. The van der Waals surface area contributed by atoms with Crippen molar-refractivity contribution in [2.75, 3.05) is 19.0 Å². The van der Waals surface area contributed by atoms with Crippen LogP contribution in [0, 0.1) is 6.92 Å². The third kappa shape index (κ3) is 3.94. The summed E-state index contributed by atoms with van der Waals surface area (Å²) in [7, 11) is 0. The molecule has 4 rings (SSSR count). The monoisotopic (exact) mass is 370 g/mol. The molecule has 26 heavy (non-hydrogen) atoms. The molecule has 0 fully saturated rings. The molecule has 134 valence electrons. The van der Waals surface area contributed by atoms with Gasteiger partial charge in [-0.1, -0.05) is 36.0 Å². The lowest BCUT2D eigenvalue weighted by atomic mass is 10.2. The highest BCUT2D eigenvalue weighted by molar-refractivity contribution is 7.99. The number of fused-ring (bicyclic) bond motifs is 1. The highest BCUT2D eigenvalue weighted by Crippen LogP contribution is 2.35. The Balaban J connectivity index is 1.28. The molecule has 7 heteroatoms. The van der Waals surface area contributed by atoms with Gasteiger partial charge in [-0.15, -0.1) is 10.2 Å². The number of thioether (sulfide) groups is 1. The van der Waals surface area contributed by atoms with Crippen molar-refractivity contribution in [1.29, 1.82) is 0 Å². The van der Waals surface area contributed by atoms with Crippen molar-refractivity contribution in [2.24, 2.45) is 0 Å². The zero-order valence-electron chi connectivity index (χ0n) is 14.3. The second-order valence-electron chi connectivity index (χ2n) is 5.78. The van der Waals surface area contributed by atoms with Crippen LogP contribution in [0.3, 0.4) is 0 Å². The van der Waals surface area contributed by atoms with Gasteiger partial charge in [0.2, 0.25) is 6.10 Å². The quantitative estimate of drug-likeness (QED) is 0.479. The standard InChI is InChI=1S/C19H18N2O4S/c1-13-5-4-6-14(11-13)22-9-10-26-19-21-20-18(25-19)17-12-23-15-7-2-3-8-16(15)24-17/h2-8,11,17H,9-10,12H2,1H3. The normalized spacial score (nSPS) is 15.7. The number of nitrogens with zero attached hydrogens (tertiary/aromatic N) is 2. The van der Waals surface area contributed by atoms with Crippen LogP contribution in [0.2, 0.25) is 0 Å². The van der Waals surface area contributed by atoms with Gasteiger partial charge < -0.3 is 18.6 Å². The van der Waals surface area contributed by atoms with Gasteiger partial charge >= 0.3 is 0 Å². The van der Waals surface area contributed by atoms with Crippen molar-refractivity contribution >= 4 is 11.8 Å². The predicted molar refractivity (Wildman–Crippen MR) is 97.0 cm³/mol.